The van der Waals surface area contributed by atoms with Crippen LogP contribution >= 0.6 is 0 Å². The smallest absolute Gasteiger partial charge is 0.151 e. The molecule has 0 radical (unpaired) electrons. The van der Waals surface area contributed by atoms with E-state index < -0.39 is 0 Å². The first kappa shape index (κ1) is 10.4. The van der Waals surface area contributed by atoms with Gasteiger partial charge in [-0.2, -0.15) is 5.10 Å². The van der Waals surface area contributed by atoms with E-state index >= 15 is 0 Å². The SMILES string of the molecule is CCc1ccccc1-c1[nH]nc2c1CCCN2. The molecule has 0 saturated heterocycles. The number of nitrogens with one attached hydrogen (secondary N) is 2. The Balaban J connectivity index is 2.12. The number of aromatic nitrogens is 2. The molecule has 0 saturated carbocycles. The molecule has 0 aliphatic carbocycles. The molecule has 2 N–H and O–H groups in total. The van der Waals surface area contributed by atoms with E-state index in [0.717, 1.165) is 25.2 Å². The molecule has 0 bridgehead atoms. The fourth-order valence-electron chi connectivity index (χ4n) is 2.52. The first-order chi connectivity index (χ1) is 8.40. The molecular weight excluding hydrogens is 210 g/mol. The van der Waals surface area contributed by atoms with Crippen molar-refractivity contribution >= 4 is 5.82 Å². The highest BCUT2D eigenvalue weighted by Crippen LogP contribution is 2.32. The summed E-state index contributed by atoms with van der Waals surface area (Å²) in [5, 5.41) is 10.9. The van der Waals surface area contributed by atoms with Gasteiger partial charge in [-0.15, -0.1) is 0 Å². The molecule has 1 aliphatic heterocycles. The monoisotopic (exact) mass is 227 g/mol. The third-order valence-corrected chi connectivity index (χ3v) is 3.43. The molecular formula is C14H17N3. The maximum atomic E-state index is 4.37. The van der Waals surface area contributed by atoms with Gasteiger partial charge in [-0.3, -0.25) is 5.10 Å². The van der Waals surface area contributed by atoms with Gasteiger partial charge in [0.1, 0.15) is 0 Å². The summed E-state index contributed by atoms with van der Waals surface area (Å²) in [7, 11) is 0. The van der Waals surface area contributed by atoms with Crippen LogP contribution in [0.15, 0.2) is 24.3 Å². The lowest BCUT2D eigenvalue weighted by atomic mass is 9.97. The molecule has 0 atom stereocenters. The van der Waals surface area contributed by atoms with Crippen molar-refractivity contribution in [3.8, 4) is 11.3 Å². The molecule has 0 fully saturated rings. The van der Waals surface area contributed by atoms with Crippen LogP contribution in [-0.4, -0.2) is 16.7 Å². The summed E-state index contributed by atoms with van der Waals surface area (Å²) in [6, 6.07) is 8.57. The van der Waals surface area contributed by atoms with E-state index in [1.165, 1.54) is 28.8 Å². The second-order valence-electron chi connectivity index (χ2n) is 4.47. The average molecular weight is 227 g/mol. The first-order valence-corrected chi connectivity index (χ1v) is 6.29. The molecule has 1 aliphatic rings. The summed E-state index contributed by atoms with van der Waals surface area (Å²) in [6.07, 6.45) is 3.36. The molecule has 88 valence electrons. The maximum Gasteiger partial charge on any atom is 0.151 e. The highest BCUT2D eigenvalue weighted by atomic mass is 15.2. The zero-order valence-corrected chi connectivity index (χ0v) is 10.1. The Kier molecular flexibility index (Phi) is 2.59. The van der Waals surface area contributed by atoms with Gasteiger partial charge in [-0.05, 0) is 24.8 Å². The highest BCUT2D eigenvalue weighted by molar-refractivity contribution is 5.72. The van der Waals surface area contributed by atoms with Crippen molar-refractivity contribution in [1.82, 2.24) is 10.2 Å². The van der Waals surface area contributed by atoms with Crippen molar-refractivity contribution in [2.45, 2.75) is 26.2 Å². The zero-order valence-electron chi connectivity index (χ0n) is 10.1. The lowest BCUT2D eigenvalue weighted by Gasteiger charge is -2.14. The van der Waals surface area contributed by atoms with Crippen LogP contribution in [0.4, 0.5) is 5.82 Å². The Bertz CT molecular complexity index is 528. The van der Waals surface area contributed by atoms with E-state index in [1.54, 1.807) is 0 Å². The van der Waals surface area contributed by atoms with Crippen molar-refractivity contribution in [3.63, 3.8) is 0 Å². The molecule has 2 aromatic rings. The Hall–Kier alpha value is -1.77. The Labute approximate surface area is 101 Å². The predicted molar refractivity (Wildman–Crippen MR) is 70.2 cm³/mol. The molecule has 1 aromatic carbocycles. The van der Waals surface area contributed by atoms with Gasteiger partial charge < -0.3 is 5.32 Å². The second kappa shape index (κ2) is 4.24. The van der Waals surface area contributed by atoms with Crippen LogP contribution in [0.25, 0.3) is 11.3 Å². The molecule has 0 amide bonds. The van der Waals surface area contributed by atoms with Gasteiger partial charge in [0.25, 0.3) is 0 Å². The average Bonchev–Trinajstić information content (AvgIpc) is 2.82. The number of H-pyrrole nitrogens is 1. The largest absolute Gasteiger partial charge is 0.368 e. The van der Waals surface area contributed by atoms with Crippen molar-refractivity contribution in [2.75, 3.05) is 11.9 Å². The summed E-state index contributed by atoms with van der Waals surface area (Å²) in [6.45, 7) is 3.23. The molecule has 2 heterocycles. The molecule has 3 nitrogen and oxygen atoms in total. The summed E-state index contributed by atoms with van der Waals surface area (Å²) in [5.74, 6) is 1.04. The normalized spacial score (nSPS) is 14.2. The van der Waals surface area contributed by atoms with Crippen LogP contribution in [0, 0.1) is 0 Å². The van der Waals surface area contributed by atoms with E-state index in [1.807, 2.05) is 0 Å². The van der Waals surface area contributed by atoms with Crippen molar-refractivity contribution in [2.24, 2.45) is 0 Å². The lowest BCUT2D eigenvalue weighted by molar-refractivity contribution is 0.828. The van der Waals surface area contributed by atoms with Crippen LogP contribution < -0.4 is 5.32 Å². The lowest BCUT2D eigenvalue weighted by Crippen LogP contribution is -2.11. The third-order valence-electron chi connectivity index (χ3n) is 3.43. The van der Waals surface area contributed by atoms with Crippen molar-refractivity contribution in [3.05, 3.63) is 35.4 Å². The number of rotatable bonds is 2. The molecule has 0 spiro atoms. The Morgan fingerprint density at radius 1 is 1.29 bits per heavy atom. The van der Waals surface area contributed by atoms with Gasteiger partial charge in [-0.1, -0.05) is 31.2 Å². The second-order valence-corrected chi connectivity index (χ2v) is 4.47. The fraction of sp³-hybridized carbons (Fsp3) is 0.357. The van der Waals surface area contributed by atoms with E-state index in [9.17, 15) is 0 Å². The van der Waals surface area contributed by atoms with Gasteiger partial charge in [0.05, 0.1) is 5.69 Å². The number of aryl methyl sites for hydroxylation is 1. The van der Waals surface area contributed by atoms with Crippen molar-refractivity contribution in [1.29, 1.82) is 0 Å². The van der Waals surface area contributed by atoms with Gasteiger partial charge in [0.2, 0.25) is 0 Å². The fourth-order valence-corrected chi connectivity index (χ4v) is 2.52. The van der Waals surface area contributed by atoms with Crippen LogP contribution in [-0.2, 0) is 12.8 Å². The van der Waals surface area contributed by atoms with Gasteiger partial charge in [0.15, 0.2) is 5.82 Å². The molecule has 1 aromatic heterocycles. The molecule has 3 rings (SSSR count). The molecule has 17 heavy (non-hydrogen) atoms. The maximum absolute atomic E-state index is 4.37. The number of anilines is 1. The Morgan fingerprint density at radius 3 is 3.06 bits per heavy atom. The standard InChI is InChI=1S/C14H17N3/c1-2-10-6-3-4-7-11(10)13-12-8-5-9-15-14(12)17-16-13/h3-4,6-7H,2,5,8-9H2,1H3,(H2,15,16,17). The quantitative estimate of drug-likeness (QED) is 0.828. The summed E-state index contributed by atoms with van der Waals surface area (Å²) >= 11 is 0. The zero-order chi connectivity index (χ0) is 11.7. The van der Waals surface area contributed by atoms with Gasteiger partial charge in [0, 0.05) is 17.7 Å². The predicted octanol–water partition coefficient (Wildman–Crippen LogP) is 3.00. The minimum Gasteiger partial charge on any atom is -0.368 e. The van der Waals surface area contributed by atoms with E-state index in [-0.39, 0.29) is 0 Å². The number of hydrogen-bond donors (Lipinski definition) is 2. The van der Waals surface area contributed by atoms with Gasteiger partial charge in [-0.25, -0.2) is 0 Å². The molecule has 0 unspecified atom stereocenters. The topological polar surface area (TPSA) is 40.7 Å². The summed E-state index contributed by atoms with van der Waals surface area (Å²) in [4.78, 5) is 0. The minimum atomic E-state index is 1.03. The summed E-state index contributed by atoms with van der Waals surface area (Å²) in [5.41, 5.74) is 5.22. The molecule has 3 heteroatoms. The van der Waals surface area contributed by atoms with E-state index in [0.29, 0.717) is 0 Å². The number of fused-ring (bicyclic) bond motifs is 1. The van der Waals surface area contributed by atoms with Crippen LogP contribution in [0.1, 0.15) is 24.5 Å². The van der Waals surface area contributed by atoms with Crippen LogP contribution in [0.3, 0.4) is 0 Å². The number of hydrogen-bond acceptors (Lipinski definition) is 2. The van der Waals surface area contributed by atoms with E-state index in [4.69, 9.17) is 0 Å². The van der Waals surface area contributed by atoms with Crippen molar-refractivity contribution < 1.29 is 0 Å². The highest BCUT2D eigenvalue weighted by Gasteiger charge is 2.18. The minimum absolute atomic E-state index is 1.03. The first-order valence-electron chi connectivity index (χ1n) is 6.29. The van der Waals surface area contributed by atoms with Crippen LogP contribution in [0.2, 0.25) is 0 Å². The van der Waals surface area contributed by atoms with E-state index in [2.05, 4.69) is 46.7 Å². The van der Waals surface area contributed by atoms with Gasteiger partial charge >= 0.3 is 0 Å². The number of nitrogens with zero attached hydrogens (tertiary/aromatic N) is 1. The Morgan fingerprint density at radius 2 is 2.18 bits per heavy atom. The summed E-state index contributed by atoms with van der Waals surface area (Å²) < 4.78 is 0. The number of benzene rings is 1. The van der Waals surface area contributed by atoms with Crippen LogP contribution in [0.5, 0.6) is 0 Å². The number of aromatic amines is 1. The third kappa shape index (κ3) is 1.71.